The predicted molar refractivity (Wildman–Crippen MR) is 118 cm³/mol. The molecule has 0 saturated heterocycles. The third-order valence-corrected chi connectivity index (χ3v) is 7.76. The fraction of sp³-hybridized carbons (Fsp3) is 0.240. The Morgan fingerprint density at radius 1 is 0.893 bits per heavy atom. The molecule has 0 radical (unpaired) electrons. The summed E-state index contributed by atoms with van der Waals surface area (Å²) in [5, 5.41) is 5.51. The van der Waals surface area contributed by atoms with Gasteiger partial charge in [0.25, 0.3) is 0 Å². The maximum absolute atomic E-state index is 6.20. The monoisotopic (exact) mass is 435 g/mol. The van der Waals surface area contributed by atoms with Gasteiger partial charge in [0.2, 0.25) is 0 Å². The number of hydrogen-bond donors (Lipinski definition) is 0. The van der Waals surface area contributed by atoms with Crippen molar-refractivity contribution in [3.05, 3.63) is 102 Å². The van der Waals surface area contributed by atoms with Gasteiger partial charge in [-0.05, 0) is 0 Å². The first-order valence-corrected chi connectivity index (χ1v) is 11.8. The molecular formula is C25H25NOSe. The van der Waals surface area contributed by atoms with E-state index < -0.39 is 0 Å². The van der Waals surface area contributed by atoms with Crippen LogP contribution in [0.15, 0.2) is 90.1 Å². The van der Waals surface area contributed by atoms with Crippen LogP contribution in [0.3, 0.4) is 0 Å². The number of benzene rings is 3. The normalized spacial score (nSPS) is 18.8. The van der Waals surface area contributed by atoms with Crippen LogP contribution < -0.4 is 4.46 Å². The quantitative estimate of drug-likeness (QED) is 0.484. The average Bonchev–Trinajstić information content (AvgIpc) is 3.19. The Labute approximate surface area is 173 Å². The second kappa shape index (κ2) is 8.34. The van der Waals surface area contributed by atoms with E-state index in [4.69, 9.17) is 4.84 Å². The second-order valence-corrected chi connectivity index (χ2v) is 9.75. The van der Waals surface area contributed by atoms with E-state index in [0.717, 1.165) is 23.0 Å². The molecule has 3 heteroatoms. The summed E-state index contributed by atoms with van der Waals surface area (Å²) >= 11 is 0.323. The third-order valence-electron chi connectivity index (χ3n) is 5.21. The standard InChI is InChI=1S/C25H25NOSe/c1-19(2)20-13-15-21(16-14-20)24-17-25(27-26-24,22-9-5-3-6-10-22)18-28-23-11-7-4-8-12-23/h3-16,19H,17-18H2,1-2H3/t25-/m1/s1. The zero-order chi connectivity index (χ0) is 19.4. The summed E-state index contributed by atoms with van der Waals surface area (Å²) in [5.41, 5.74) is 4.40. The maximum atomic E-state index is 6.20. The van der Waals surface area contributed by atoms with E-state index >= 15 is 0 Å². The van der Waals surface area contributed by atoms with Gasteiger partial charge in [-0.25, -0.2) is 0 Å². The van der Waals surface area contributed by atoms with Gasteiger partial charge in [0.05, 0.1) is 0 Å². The van der Waals surface area contributed by atoms with Crippen LogP contribution in [-0.2, 0) is 10.4 Å². The number of hydrogen-bond acceptors (Lipinski definition) is 2. The van der Waals surface area contributed by atoms with Crippen LogP contribution in [-0.4, -0.2) is 20.7 Å². The second-order valence-electron chi connectivity index (χ2n) is 7.54. The van der Waals surface area contributed by atoms with Crippen LogP contribution in [0, 0.1) is 0 Å². The molecule has 0 unspecified atom stereocenters. The molecule has 3 aromatic rings. The molecule has 0 saturated carbocycles. The van der Waals surface area contributed by atoms with Crippen molar-refractivity contribution in [2.24, 2.45) is 5.16 Å². The van der Waals surface area contributed by atoms with E-state index in [1.54, 1.807) is 0 Å². The van der Waals surface area contributed by atoms with Crippen LogP contribution in [0.5, 0.6) is 0 Å². The summed E-state index contributed by atoms with van der Waals surface area (Å²) < 4.78 is 1.39. The molecule has 2 nitrogen and oxygen atoms in total. The van der Waals surface area contributed by atoms with Crippen molar-refractivity contribution in [2.75, 3.05) is 0 Å². The molecule has 1 atom stereocenters. The van der Waals surface area contributed by atoms with Crippen molar-refractivity contribution in [2.45, 2.75) is 37.1 Å². The van der Waals surface area contributed by atoms with Crippen LogP contribution >= 0.6 is 0 Å². The first-order valence-electron chi connectivity index (χ1n) is 9.75. The van der Waals surface area contributed by atoms with Gasteiger partial charge in [-0.3, -0.25) is 0 Å². The first-order chi connectivity index (χ1) is 13.7. The Balaban J connectivity index is 1.58. The van der Waals surface area contributed by atoms with Gasteiger partial charge in [0, 0.05) is 0 Å². The van der Waals surface area contributed by atoms with Gasteiger partial charge in [-0.1, -0.05) is 0 Å². The molecule has 0 amide bonds. The van der Waals surface area contributed by atoms with Crippen LogP contribution in [0.2, 0.25) is 5.32 Å². The third kappa shape index (κ3) is 4.06. The fourth-order valence-electron chi connectivity index (χ4n) is 3.47. The van der Waals surface area contributed by atoms with Crippen molar-refractivity contribution < 1.29 is 4.84 Å². The van der Waals surface area contributed by atoms with Gasteiger partial charge in [-0.2, -0.15) is 0 Å². The van der Waals surface area contributed by atoms with Gasteiger partial charge in [-0.15, -0.1) is 0 Å². The summed E-state index contributed by atoms with van der Waals surface area (Å²) in [7, 11) is 0. The van der Waals surface area contributed by atoms with E-state index in [1.807, 2.05) is 0 Å². The Morgan fingerprint density at radius 2 is 1.54 bits per heavy atom. The summed E-state index contributed by atoms with van der Waals surface area (Å²) in [6, 6.07) is 30.1. The Morgan fingerprint density at radius 3 is 2.18 bits per heavy atom. The summed E-state index contributed by atoms with van der Waals surface area (Å²) in [4.78, 5) is 6.20. The molecule has 142 valence electrons. The number of oxime groups is 1. The number of nitrogens with zero attached hydrogens (tertiary/aromatic N) is 1. The predicted octanol–water partition coefficient (Wildman–Crippen LogP) is 5.28. The van der Waals surface area contributed by atoms with Crippen LogP contribution in [0.4, 0.5) is 0 Å². The van der Waals surface area contributed by atoms with Crippen molar-refractivity contribution in [1.29, 1.82) is 0 Å². The number of rotatable bonds is 6. The molecule has 0 bridgehead atoms. The van der Waals surface area contributed by atoms with E-state index in [1.165, 1.54) is 15.6 Å². The topological polar surface area (TPSA) is 21.6 Å². The molecule has 4 rings (SSSR count). The van der Waals surface area contributed by atoms with E-state index in [9.17, 15) is 0 Å². The van der Waals surface area contributed by atoms with Crippen LogP contribution in [0.1, 0.15) is 42.9 Å². The van der Waals surface area contributed by atoms with Gasteiger partial charge < -0.3 is 0 Å². The molecule has 1 aliphatic heterocycles. The molecule has 1 aliphatic rings. The van der Waals surface area contributed by atoms with Crippen molar-refractivity contribution >= 4 is 25.1 Å². The molecule has 0 N–H and O–H groups in total. The van der Waals surface area contributed by atoms with Crippen LogP contribution in [0.25, 0.3) is 0 Å². The molecule has 0 aromatic heterocycles. The van der Waals surface area contributed by atoms with Gasteiger partial charge in [0.1, 0.15) is 0 Å². The van der Waals surface area contributed by atoms with Crippen molar-refractivity contribution in [3.8, 4) is 0 Å². The van der Waals surface area contributed by atoms with Crippen molar-refractivity contribution in [3.63, 3.8) is 0 Å². The SMILES string of the molecule is CC(C)c1ccc(C2=NO[C@](C[Se]c3ccccc3)(c3ccccc3)C2)cc1. The van der Waals surface area contributed by atoms with Gasteiger partial charge >= 0.3 is 174 Å². The first kappa shape index (κ1) is 19.0. The van der Waals surface area contributed by atoms with E-state index in [-0.39, 0.29) is 5.60 Å². The molecule has 0 spiro atoms. The molecule has 3 aromatic carbocycles. The fourth-order valence-corrected chi connectivity index (χ4v) is 5.71. The van der Waals surface area contributed by atoms with E-state index in [2.05, 4.69) is 104 Å². The minimum atomic E-state index is -0.372. The average molecular weight is 434 g/mol. The van der Waals surface area contributed by atoms with E-state index in [0.29, 0.717) is 20.9 Å². The zero-order valence-electron chi connectivity index (χ0n) is 16.3. The summed E-state index contributed by atoms with van der Waals surface area (Å²) in [5.74, 6) is 0.535. The Bertz CT molecular complexity index is 935. The zero-order valence-corrected chi connectivity index (χ0v) is 18.1. The minimum absolute atomic E-state index is 0.323. The molecule has 0 aliphatic carbocycles. The molecular weight excluding hydrogens is 409 g/mol. The molecule has 28 heavy (non-hydrogen) atoms. The molecule has 1 heterocycles. The molecule has 0 fully saturated rings. The van der Waals surface area contributed by atoms with Gasteiger partial charge in [0.15, 0.2) is 0 Å². The van der Waals surface area contributed by atoms with Crippen molar-refractivity contribution in [1.82, 2.24) is 0 Å². The summed E-state index contributed by atoms with van der Waals surface area (Å²) in [6.45, 7) is 4.44. The summed E-state index contributed by atoms with van der Waals surface area (Å²) in [6.07, 6.45) is 0.812. The Hall–Kier alpha value is -2.35. The Kier molecular flexibility index (Phi) is 5.66.